The highest BCUT2D eigenvalue weighted by molar-refractivity contribution is 5.81. The van der Waals surface area contributed by atoms with Crippen molar-refractivity contribution in [2.45, 2.75) is 38.3 Å². The van der Waals surface area contributed by atoms with Crippen LogP contribution in [0, 0.1) is 5.92 Å². The number of amides is 1. The van der Waals surface area contributed by atoms with E-state index in [0.29, 0.717) is 25.1 Å². The molecule has 1 aliphatic heterocycles. The zero-order chi connectivity index (χ0) is 10.7. The molecule has 1 heterocycles. The van der Waals surface area contributed by atoms with Gasteiger partial charge in [0.05, 0.1) is 6.61 Å². The molecule has 0 bridgehead atoms. The summed E-state index contributed by atoms with van der Waals surface area (Å²) in [6.45, 7) is 4.34. The zero-order valence-corrected chi connectivity index (χ0v) is 9.29. The van der Waals surface area contributed by atoms with Crippen molar-refractivity contribution in [3.63, 3.8) is 0 Å². The Bertz CT molecular complexity index is 227. The van der Waals surface area contributed by atoms with Crippen LogP contribution in [0.3, 0.4) is 0 Å². The second kappa shape index (κ2) is 4.94. The van der Waals surface area contributed by atoms with Gasteiger partial charge in [0.2, 0.25) is 0 Å². The van der Waals surface area contributed by atoms with Crippen LogP contribution in [0.4, 0.5) is 0 Å². The van der Waals surface area contributed by atoms with Gasteiger partial charge >= 0.3 is 0 Å². The summed E-state index contributed by atoms with van der Waals surface area (Å²) in [5.74, 6) is 0.673. The first-order valence-electron chi connectivity index (χ1n) is 5.90. The number of morpholine rings is 1. The maximum atomic E-state index is 11.8. The summed E-state index contributed by atoms with van der Waals surface area (Å²) in [5.41, 5.74) is 0. The quantitative estimate of drug-likeness (QED) is 0.691. The van der Waals surface area contributed by atoms with Crippen LogP contribution < -0.4 is 10.6 Å². The molecular formula is C11H20N2O2. The second-order valence-corrected chi connectivity index (χ2v) is 4.59. The Morgan fingerprint density at radius 1 is 1.47 bits per heavy atom. The van der Waals surface area contributed by atoms with Crippen LogP contribution in [-0.4, -0.2) is 37.7 Å². The monoisotopic (exact) mass is 212 g/mol. The SMILES string of the molecule is CC1CCCC1NC(=O)[C@H]1CNCCO1. The van der Waals surface area contributed by atoms with E-state index in [0.717, 1.165) is 13.0 Å². The molecule has 0 spiro atoms. The highest BCUT2D eigenvalue weighted by Gasteiger charge is 2.28. The van der Waals surface area contributed by atoms with Gasteiger partial charge in [-0.1, -0.05) is 13.3 Å². The van der Waals surface area contributed by atoms with E-state index >= 15 is 0 Å². The number of rotatable bonds is 2. The molecule has 1 saturated carbocycles. The molecule has 2 rings (SSSR count). The van der Waals surface area contributed by atoms with Crippen molar-refractivity contribution in [2.24, 2.45) is 5.92 Å². The van der Waals surface area contributed by atoms with E-state index in [4.69, 9.17) is 4.74 Å². The van der Waals surface area contributed by atoms with Gasteiger partial charge in [0.1, 0.15) is 6.10 Å². The topological polar surface area (TPSA) is 50.4 Å². The Kier molecular flexibility index (Phi) is 3.59. The summed E-state index contributed by atoms with van der Waals surface area (Å²) in [6, 6.07) is 0.364. The third-order valence-corrected chi connectivity index (χ3v) is 3.41. The average Bonchev–Trinajstić information content (AvgIpc) is 2.66. The lowest BCUT2D eigenvalue weighted by molar-refractivity contribution is -0.135. The maximum absolute atomic E-state index is 11.8. The van der Waals surface area contributed by atoms with E-state index in [2.05, 4.69) is 17.6 Å². The van der Waals surface area contributed by atoms with Gasteiger partial charge in [-0.25, -0.2) is 0 Å². The van der Waals surface area contributed by atoms with E-state index in [9.17, 15) is 4.79 Å². The van der Waals surface area contributed by atoms with Crippen LogP contribution >= 0.6 is 0 Å². The van der Waals surface area contributed by atoms with Crippen molar-refractivity contribution in [3.8, 4) is 0 Å². The van der Waals surface area contributed by atoms with Crippen LogP contribution in [0.2, 0.25) is 0 Å². The number of carbonyl (C=O) groups excluding carboxylic acids is 1. The van der Waals surface area contributed by atoms with Crippen molar-refractivity contribution in [2.75, 3.05) is 19.7 Å². The molecule has 2 N–H and O–H groups in total. The smallest absolute Gasteiger partial charge is 0.250 e. The molecule has 86 valence electrons. The second-order valence-electron chi connectivity index (χ2n) is 4.59. The highest BCUT2D eigenvalue weighted by atomic mass is 16.5. The minimum absolute atomic E-state index is 0.0564. The fourth-order valence-corrected chi connectivity index (χ4v) is 2.37. The van der Waals surface area contributed by atoms with Gasteiger partial charge < -0.3 is 15.4 Å². The van der Waals surface area contributed by atoms with Crippen LogP contribution in [0.25, 0.3) is 0 Å². The molecule has 2 fully saturated rings. The van der Waals surface area contributed by atoms with Gasteiger partial charge in [-0.15, -0.1) is 0 Å². The molecule has 0 radical (unpaired) electrons. The summed E-state index contributed by atoms with van der Waals surface area (Å²) in [7, 11) is 0. The van der Waals surface area contributed by atoms with E-state index in [1.807, 2.05) is 0 Å². The van der Waals surface area contributed by atoms with Crippen molar-refractivity contribution in [1.29, 1.82) is 0 Å². The van der Waals surface area contributed by atoms with Crippen molar-refractivity contribution < 1.29 is 9.53 Å². The Morgan fingerprint density at radius 3 is 2.93 bits per heavy atom. The first kappa shape index (κ1) is 10.9. The molecule has 1 amide bonds. The predicted octanol–water partition coefficient (Wildman–Crippen LogP) is 0.280. The Morgan fingerprint density at radius 2 is 2.33 bits per heavy atom. The number of ether oxygens (including phenoxy) is 1. The Hall–Kier alpha value is -0.610. The molecule has 2 unspecified atom stereocenters. The highest BCUT2D eigenvalue weighted by Crippen LogP contribution is 2.24. The lowest BCUT2D eigenvalue weighted by Gasteiger charge is -2.25. The zero-order valence-electron chi connectivity index (χ0n) is 9.29. The number of carbonyl (C=O) groups is 1. The molecule has 0 aromatic carbocycles. The fraction of sp³-hybridized carbons (Fsp3) is 0.909. The van der Waals surface area contributed by atoms with Crippen LogP contribution in [-0.2, 0) is 9.53 Å². The van der Waals surface area contributed by atoms with Crippen molar-refractivity contribution in [1.82, 2.24) is 10.6 Å². The first-order valence-corrected chi connectivity index (χ1v) is 5.90. The summed E-state index contributed by atoms with van der Waals surface area (Å²) < 4.78 is 5.41. The average molecular weight is 212 g/mol. The number of hydrogen-bond acceptors (Lipinski definition) is 3. The minimum Gasteiger partial charge on any atom is -0.366 e. The lowest BCUT2D eigenvalue weighted by atomic mass is 10.1. The van der Waals surface area contributed by atoms with Gasteiger partial charge in [0, 0.05) is 19.1 Å². The van der Waals surface area contributed by atoms with E-state index < -0.39 is 0 Å². The van der Waals surface area contributed by atoms with Gasteiger partial charge in [-0.3, -0.25) is 4.79 Å². The molecule has 0 aromatic heterocycles. The van der Waals surface area contributed by atoms with E-state index in [1.54, 1.807) is 0 Å². The predicted molar refractivity (Wildman–Crippen MR) is 57.6 cm³/mol. The van der Waals surface area contributed by atoms with Crippen molar-refractivity contribution in [3.05, 3.63) is 0 Å². The molecule has 3 atom stereocenters. The molecule has 2 aliphatic rings. The maximum Gasteiger partial charge on any atom is 0.250 e. The summed E-state index contributed by atoms with van der Waals surface area (Å²) in [4.78, 5) is 11.8. The normalized spacial score (nSPS) is 36.5. The number of hydrogen-bond donors (Lipinski definition) is 2. The summed E-state index contributed by atoms with van der Waals surface area (Å²) in [5, 5.41) is 6.26. The summed E-state index contributed by atoms with van der Waals surface area (Å²) in [6.07, 6.45) is 3.30. The molecule has 4 heteroatoms. The largest absolute Gasteiger partial charge is 0.366 e. The first-order chi connectivity index (χ1) is 7.27. The molecule has 1 aliphatic carbocycles. The van der Waals surface area contributed by atoms with E-state index in [-0.39, 0.29) is 12.0 Å². The third-order valence-electron chi connectivity index (χ3n) is 3.41. The Balaban J connectivity index is 1.80. The standard InChI is InChI=1S/C11H20N2O2/c1-8-3-2-4-9(8)13-11(14)10-7-12-5-6-15-10/h8-10,12H,2-7H2,1H3,(H,13,14)/t8?,9?,10-/m1/s1. The van der Waals surface area contributed by atoms with Gasteiger partial charge in [0.25, 0.3) is 5.91 Å². The summed E-state index contributed by atoms with van der Waals surface area (Å²) >= 11 is 0. The fourth-order valence-electron chi connectivity index (χ4n) is 2.37. The van der Waals surface area contributed by atoms with Crippen molar-refractivity contribution >= 4 is 5.91 Å². The van der Waals surface area contributed by atoms with Crippen LogP contribution in [0.1, 0.15) is 26.2 Å². The molecule has 1 saturated heterocycles. The molecular weight excluding hydrogens is 192 g/mol. The van der Waals surface area contributed by atoms with Crippen LogP contribution in [0.15, 0.2) is 0 Å². The van der Waals surface area contributed by atoms with Gasteiger partial charge in [0.15, 0.2) is 0 Å². The van der Waals surface area contributed by atoms with E-state index in [1.165, 1.54) is 12.8 Å². The number of nitrogens with one attached hydrogen (secondary N) is 2. The molecule has 0 aromatic rings. The van der Waals surface area contributed by atoms with Crippen LogP contribution in [0.5, 0.6) is 0 Å². The molecule has 15 heavy (non-hydrogen) atoms. The third kappa shape index (κ3) is 2.69. The minimum atomic E-state index is -0.286. The molecule has 4 nitrogen and oxygen atoms in total. The van der Waals surface area contributed by atoms with Gasteiger partial charge in [-0.2, -0.15) is 0 Å². The van der Waals surface area contributed by atoms with Gasteiger partial charge in [-0.05, 0) is 18.8 Å². The lowest BCUT2D eigenvalue weighted by Crippen LogP contribution is -2.50. The Labute approximate surface area is 90.8 Å².